The number of amides is 1. The van der Waals surface area contributed by atoms with Crippen molar-refractivity contribution in [2.75, 3.05) is 5.32 Å². The molecular formula is C12H8BrClN2O2. The van der Waals surface area contributed by atoms with Crippen LogP contribution in [0.15, 0.2) is 47.1 Å². The van der Waals surface area contributed by atoms with Gasteiger partial charge in [0.2, 0.25) is 0 Å². The van der Waals surface area contributed by atoms with Crippen molar-refractivity contribution >= 4 is 39.3 Å². The van der Waals surface area contributed by atoms with Gasteiger partial charge in [-0.2, -0.15) is 0 Å². The van der Waals surface area contributed by atoms with E-state index in [0.29, 0.717) is 21.1 Å². The van der Waals surface area contributed by atoms with Gasteiger partial charge in [-0.25, -0.2) is 9.78 Å². The zero-order chi connectivity index (χ0) is 13.0. The number of carbonyl (C=O) groups is 1. The number of hydrogen-bond donors (Lipinski definition) is 1. The van der Waals surface area contributed by atoms with Crippen molar-refractivity contribution < 1.29 is 9.53 Å². The standard InChI is InChI=1S/C12H8BrClN2O2/c13-10-6-8(7-15-11(10)14)16-12(17)18-9-4-2-1-3-5-9/h1-7H,(H,16,17). The minimum Gasteiger partial charge on any atom is -0.410 e. The van der Waals surface area contributed by atoms with E-state index in [-0.39, 0.29) is 0 Å². The van der Waals surface area contributed by atoms with Crippen LogP contribution in [-0.2, 0) is 0 Å². The van der Waals surface area contributed by atoms with Crippen molar-refractivity contribution in [1.29, 1.82) is 0 Å². The molecule has 92 valence electrons. The molecule has 1 aromatic carbocycles. The Morgan fingerprint density at radius 1 is 1.33 bits per heavy atom. The average molecular weight is 328 g/mol. The third kappa shape index (κ3) is 3.45. The molecule has 4 nitrogen and oxygen atoms in total. The maximum Gasteiger partial charge on any atom is 0.417 e. The molecule has 0 radical (unpaired) electrons. The average Bonchev–Trinajstić information content (AvgIpc) is 2.35. The van der Waals surface area contributed by atoms with Gasteiger partial charge in [0.15, 0.2) is 0 Å². The van der Waals surface area contributed by atoms with E-state index >= 15 is 0 Å². The third-order valence-electron chi connectivity index (χ3n) is 2.00. The van der Waals surface area contributed by atoms with Gasteiger partial charge in [0, 0.05) is 0 Å². The normalized spacial score (nSPS) is 9.89. The number of halogens is 2. The van der Waals surface area contributed by atoms with Gasteiger partial charge in [-0.1, -0.05) is 29.8 Å². The molecule has 1 N–H and O–H groups in total. The van der Waals surface area contributed by atoms with Gasteiger partial charge in [0.1, 0.15) is 10.9 Å². The largest absolute Gasteiger partial charge is 0.417 e. The molecule has 1 aromatic heterocycles. The molecule has 0 bridgehead atoms. The number of para-hydroxylation sites is 1. The lowest BCUT2D eigenvalue weighted by molar-refractivity contribution is 0.215. The van der Waals surface area contributed by atoms with Gasteiger partial charge in [-0.15, -0.1) is 0 Å². The summed E-state index contributed by atoms with van der Waals surface area (Å²) in [5.74, 6) is 0.469. The van der Waals surface area contributed by atoms with Crippen LogP contribution in [0.25, 0.3) is 0 Å². The topological polar surface area (TPSA) is 51.2 Å². The summed E-state index contributed by atoms with van der Waals surface area (Å²) in [6.07, 6.45) is 0.858. The molecular weight excluding hydrogens is 320 g/mol. The molecule has 6 heteroatoms. The number of anilines is 1. The molecule has 0 atom stereocenters. The number of carbonyl (C=O) groups excluding carboxylic acids is 1. The maximum atomic E-state index is 11.6. The van der Waals surface area contributed by atoms with Crippen molar-refractivity contribution in [2.24, 2.45) is 0 Å². The van der Waals surface area contributed by atoms with Gasteiger partial charge in [-0.3, -0.25) is 5.32 Å². The van der Waals surface area contributed by atoms with Gasteiger partial charge < -0.3 is 4.74 Å². The molecule has 0 aliphatic carbocycles. The Bertz CT molecular complexity index is 563. The second-order valence-electron chi connectivity index (χ2n) is 3.32. The number of benzene rings is 1. The fourth-order valence-corrected chi connectivity index (χ4v) is 1.68. The van der Waals surface area contributed by atoms with E-state index in [2.05, 4.69) is 26.2 Å². The van der Waals surface area contributed by atoms with Crippen LogP contribution in [0, 0.1) is 0 Å². The van der Waals surface area contributed by atoms with E-state index < -0.39 is 6.09 Å². The fourth-order valence-electron chi connectivity index (χ4n) is 1.23. The highest BCUT2D eigenvalue weighted by Gasteiger charge is 2.06. The van der Waals surface area contributed by atoms with E-state index in [0.717, 1.165) is 0 Å². The van der Waals surface area contributed by atoms with E-state index in [9.17, 15) is 4.79 Å². The summed E-state index contributed by atoms with van der Waals surface area (Å²) >= 11 is 8.96. The van der Waals surface area contributed by atoms with Gasteiger partial charge in [0.05, 0.1) is 16.4 Å². The lowest BCUT2D eigenvalue weighted by Gasteiger charge is -2.06. The Labute approximate surface area is 117 Å². The van der Waals surface area contributed by atoms with Crippen LogP contribution in [0.4, 0.5) is 10.5 Å². The molecule has 1 heterocycles. The highest BCUT2D eigenvalue weighted by molar-refractivity contribution is 9.10. The molecule has 2 rings (SSSR count). The first-order chi connectivity index (χ1) is 8.65. The molecule has 0 aliphatic heterocycles. The minimum absolute atomic E-state index is 0.331. The summed E-state index contributed by atoms with van der Waals surface area (Å²) in [5.41, 5.74) is 0.493. The van der Waals surface area contributed by atoms with Crippen molar-refractivity contribution in [2.45, 2.75) is 0 Å². The van der Waals surface area contributed by atoms with Crippen molar-refractivity contribution in [3.05, 3.63) is 52.2 Å². The van der Waals surface area contributed by atoms with Crippen molar-refractivity contribution in [3.63, 3.8) is 0 Å². The van der Waals surface area contributed by atoms with Crippen LogP contribution in [0.2, 0.25) is 5.15 Å². The Morgan fingerprint density at radius 3 is 2.72 bits per heavy atom. The first-order valence-electron chi connectivity index (χ1n) is 5.00. The minimum atomic E-state index is -0.586. The van der Waals surface area contributed by atoms with Gasteiger partial charge in [0.25, 0.3) is 0 Å². The van der Waals surface area contributed by atoms with E-state index in [4.69, 9.17) is 16.3 Å². The Kier molecular flexibility index (Phi) is 4.17. The lowest BCUT2D eigenvalue weighted by atomic mass is 10.3. The molecule has 2 aromatic rings. The van der Waals surface area contributed by atoms with Crippen LogP contribution in [0.1, 0.15) is 0 Å². The smallest absolute Gasteiger partial charge is 0.410 e. The number of pyridine rings is 1. The Morgan fingerprint density at radius 2 is 2.06 bits per heavy atom. The summed E-state index contributed by atoms with van der Waals surface area (Å²) in [6, 6.07) is 10.4. The maximum absolute atomic E-state index is 11.6. The first-order valence-corrected chi connectivity index (χ1v) is 6.17. The zero-order valence-corrected chi connectivity index (χ0v) is 11.4. The molecule has 1 amide bonds. The number of aromatic nitrogens is 1. The lowest BCUT2D eigenvalue weighted by Crippen LogP contribution is -2.16. The van der Waals surface area contributed by atoms with Crippen LogP contribution in [0.3, 0.4) is 0 Å². The molecule has 0 aliphatic rings. The number of ether oxygens (including phenoxy) is 1. The first kappa shape index (κ1) is 12.9. The van der Waals surface area contributed by atoms with Gasteiger partial charge >= 0.3 is 6.09 Å². The molecule has 18 heavy (non-hydrogen) atoms. The van der Waals surface area contributed by atoms with E-state index in [1.165, 1.54) is 6.20 Å². The third-order valence-corrected chi connectivity index (χ3v) is 3.13. The van der Waals surface area contributed by atoms with E-state index in [1.807, 2.05) is 6.07 Å². The quantitative estimate of drug-likeness (QED) is 0.845. The predicted octanol–water partition coefficient (Wildman–Crippen LogP) is 4.11. The van der Waals surface area contributed by atoms with E-state index in [1.54, 1.807) is 30.3 Å². The van der Waals surface area contributed by atoms with Crippen LogP contribution < -0.4 is 10.1 Å². The fraction of sp³-hybridized carbons (Fsp3) is 0. The monoisotopic (exact) mass is 326 g/mol. The number of rotatable bonds is 2. The molecule has 0 saturated heterocycles. The summed E-state index contributed by atoms with van der Waals surface area (Å²) in [4.78, 5) is 15.5. The Hall–Kier alpha value is -1.59. The van der Waals surface area contributed by atoms with Crippen LogP contribution in [-0.4, -0.2) is 11.1 Å². The summed E-state index contributed by atoms with van der Waals surface area (Å²) in [5, 5.41) is 2.88. The van der Waals surface area contributed by atoms with Crippen LogP contribution in [0.5, 0.6) is 5.75 Å². The van der Waals surface area contributed by atoms with Gasteiger partial charge in [-0.05, 0) is 34.1 Å². The number of nitrogens with zero attached hydrogens (tertiary/aromatic N) is 1. The van der Waals surface area contributed by atoms with Crippen LogP contribution >= 0.6 is 27.5 Å². The summed E-state index contributed by atoms with van der Waals surface area (Å²) in [6.45, 7) is 0. The molecule has 0 spiro atoms. The molecule has 0 saturated carbocycles. The Balaban J connectivity index is 2.01. The van der Waals surface area contributed by atoms with Crippen molar-refractivity contribution in [1.82, 2.24) is 4.98 Å². The second kappa shape index (κ2) is 5.84. The van der Waals surface area contributed by atoms with Crippen molar-refractivity contribution in [3.8, 4) is 5.75 Å². The number of nitrogens with one attached hydrogen (secondary N) is 1. The number of hydrogen-bond acceptors (Lipinski definition) is 3. The SMILES string of the molecule is O=C(Nc1cnc(Cl)c(Br)c1)Oc1ccccc1. The zero-order valence-electron chi connectivity index (χ0n) is 9.06. The highest BCUT2D eigenvalue weighted by atomic mass is 79.9. The predicted molar refractivity (Wildman–Crippen MR) is 73.0 cm³/mol. The molecule has 0 fully saturated rings. The second-order valence-corrected chi connectivity index (χ2v) is 4.54. The summed E-state index contributed by atoms with van der Waals surface area (Å²) < 4.78 is 5.66. The summed E-state index contributed by atoms with van der Waals surface area (Å²) in [7, 11) is 0. The highest BCUT2D eigenvalue weighted by Crippen LogP contribution is 2.23. The molecule has 0 unspecified atom stereocenters.